The SMILES string of the molecule is [CH2+]OC(CN)OC. The summed E-state index contributed by atoms with van der Waals surface area (Å²) >= 11 is 0. The van der Waals surface area contributed by atoms with Gasteiger partial charge in [-0.1, -0.05) is 0 Å². The predicted molar refractivity (Wildman–Crippen MR) is 26.3 cm³/mol. The highest BCUT2D eigenvalue weighted by atomic mass is 16.7. The molecule has 3 heteroatoms. The maximum absolute atomic E-state index is 5.10. The van der Waals surface area contributed by atoms with Gasteiger partial charge in [0.1, 0.15) is 0 Å². The Morgan fingerprint density at radius 3 is 2.43 bits per heavy atom. The van der Waals surface area contributed by atoms with Crippen molar-refractivity contribution in [1.82, 2.24) is 0 Å². The van der Waals surface area contributed by atoms with E-state index < -0.39 is 0 Å². The second-order valence-electron chi connectivity index (χ2n) is 1.07. The molecule has 0 bridgehead atoms. The third-order valence-electron chi connectivity index (χ3n) is 0.641. The molecule has 0 aliphatic carbocycles. The Bertz CT molecular complexity index is 31.2. The van der Waals surface area contributed by atoms with Crippen LogP contribution in [0.15, 0.2) is 0 Å². The van der Waals surface area contributed by atoms with Crippen LogP contribution in [0.25, 0.3) is 0 Å². The standard InChI is InChI=1S/C4H10NO2/c1-6-4(3-5)7-2/h4H,1,3,5H2,2H3/q+1. The monoisotopic (exact) mass is 104 g/mol. The molecule has 0 aromatic carbocycles. The molecule has 0 aliphatic heterocycles. The Morgan fingerprint density at radius 2 is 2.43 bits per heavy atom. The lowest BCUT2D eigenvalue weighted by Gasteiger charge is -2.02. The highest BCUT2D eigenvalue weighted by Crippen LogP contribution is 1.84. The van der Waals surface area contributed by atoms with Gasteiger partial charge < -0.3 is 10.5 Å². The van der Waals surface area contributed by atoms with Gasteiger partial charge in [0.25, 0.3) is 0 Å². The van der Waals surface area contributed by atoms with Gasteiger partial charge in [-0.25, -0.2) is 0 Å². The molecule has 0 aromatic rings. The van der Waals surface area contributed by atoms with Crippen LogP contribution in [0, 0.1) is 7.11 Å². The van der Waals surface area contributed by atoms with Crippen LogP contribution < -0.4 is 5.73 Å². The number of hydrogen-bond donors (Lipinski definition) is 1. The van der Waals surface area contributed by atoms with Crippen molar-refractivity contribution < 1.29 is 9.47 Å². The molecule has 0 heterocycles. The highest BCUT2D eigenvalue weighted by Gasteiger charge is 2.02. The second kappa shape index (κ2) is 3.92. The summed E-state index contributed by atoms with van der Waals surface area (Å²) < 4.78 is 9.09. The van der Waals surface area contributed by atoms with Gasteiger partial charge in [-0.2, -0.15) is 4.74 Å². The third kappa shape index (κ3) is 2.45. The Morgan fingerprint density at radius 1 is 1.86 bits per heavy atom. The fraction of sp³-hybridized carbons (Fsp3) is 0.750. The summed E-state index contributed by atoms with van der Waals surface area (Å²) in [5.74, 6) is 0. The summed E-state index contributed by atoms with van der Waals surface area (Å²) in [6.07, 6.45) is -0.347. The van der Waals surface area contributed by atoms with Gasteiger partial charge in [-0.15, -0.1) is 0 Å². The van der Waals surface area contributed by atoms with E-state index in [1.54, 1.807) is 0 Å². The molecule has 0 fully saturated rings. The highest BCUT2D eigenvalue weighted by molar-refractivity contribution is 4.38. The molecule has 0 saturated heterocycles. The molecule has 0 radical (unpaired) electrons. The van der Waals surface area contributed by atoms with E-state index >= 15 is 0 Å². The number of rotatable bonds is 3. The van der Waals surface area contributed by atoms with Crippen molar-refractivity contribution in [2.45, 2.75) is 6.29 Å². The Hall–Kier alpha value is -0.250. The van der Waals surface area contributed by atoms with Crippen LogP contribution in [-0.2, 0) is 9.47 Å². The maximum Gasteiger partial charge on any atom is 0.219 e. The Labute approximate surface area is 43.4 Å². The maximum atomic E-state index is 5.10. The van der Waals surface area contributed by atoms with Crippen LogP contribution >= 0.6 is 0 Å². The average molecular weight is 104 g/mol. The first-order chi connectivity index (χ1) is 3.35. The topological polar surface area (TPSA) is 44.5 Å². The van der Waals surface area contributed by atoms with Crippen LogP contribution in [0.5, 0.6) is 0 Å². The van der Waals surface area contributed by atoms with Gasteiger partial charge in [-0.3, -0.25) is 0 Å². The molecule has 42 valence electrons. The fourth-order valence-corrected chi connectivity index (χ4v) is 0.232. The lowest BCUT2D eigenvalue weighted by molar-refractivity contribution is -0.0776. The molecule has 0 rings (SSSR count). The number of hydrogen-bond acceptors (Lipinski definition) is 3. The summed E-state index contributed by atoms with van der Waals surface area (Å²) in [5, 5.41) is 0. The van der Waals surface area contributed by atoms with Crippen molar-refractivity contribution >= 4 is 0 Å². The molecule has 7 heavy (non-hydrogen) atoms. The van der Waals surface area contributed by atoms with E-state index in [1.165, 1.54) is 7.11 Å². The van der Waals surface area contributed by atoms with Gasteiger partial charge >= 0.3 is 0 Å². The average Bonchev–Trinajstić information content (AvgIpc) is 1.72. The molecule has 1 atom stereocenters. The van der Waals surface area contributed by atoms with Crippen LogP contribution in [0.2, 0.25) is 0 Å². The molecule has 0 spiro atoms. The van der Waals surface area contributed by atoms with Gasteiger partial charge in [0.15, 0.2) is 0 Å². The number of methoxy groups -OCH3 is 1. The van der Waals surface area contributed by atoms with E-state index in [-0.39, 0.29) is 6.29 Å². The molecule has 2 N–H and O–H groups in total. The van der Waals surface area contributed by atoms with Crippen LogP contribution in [0.4, 0.5) is 0 Å². The summed E-state index contributed by atoms with van der Waals surface area (Å²) in [6.45, 7) is 0.347. The molecule has 0 aromatic heterocycles. The van der Waals surface area contributed by atoms with E-state index in [0.29, 0.717) is 6.54 Å². The van der Waals surface area contributed by atoms with Crippen LogP contribution in [-0.4, -0.2) is 19.9 Å². The zero-order valence-corrected chi connectivity index (χ0v) is 4.39. The fourth-order valence-electron chi connectivity index (χ4n) is 0.232. The molecular formula is C4H10NO2+. The first kappa shape index (κ1) is 6.75. The third-order valence-corrected chi connectivity index (χ3v) is 0.641. The van der Waals surface area contributed by atoms with E-state index in [1.807, 2.05) is 0 Å². The van der Waals surface area contributed by atoms with E-state index in [2.05, 4.69) is 16.6 Å². The number of nitrogens with two attached hydrogens (primary N) is 1. The smallest absolute Gasteiger partial charge is 0.219 e. The minimum Gasteiger partial charge on any atom is -0.351 e. The molecule has 0 saturated carbocycles. The lowest BCUT2D eigenvalue weighted by atomic mass is 10.6. The summed E-state index contributed by atoms with van der Waals surface area (Å²) in [6, 6.07) is 0. The molecule has 0 amide bonds. The summed E-state index contributed by atoms with van der Waals surface area (Å²) in [4.78, 5) is 0. The van der Waals surface area contributed by atoms with E-state index in [9.17, 15) is 0 Å². The van der Waals surface area contributed by atoms with Crippen LogP contribution in [0.1, 0.15) is 0 Å². The van der Waals surface area contributed by atoms with E-state index in [4.69, 9.17) is 5.73 Å². The van der Waals surface area contributed by atoms with Gasteiger partial charge in [0.2, 0.25) is 13.4 Å². The zero-order chi connectivity index (χ0) is 5.70. The van der Waals surface area contributed by atoms with Crippen molar-refractivity contribution in [2.75, 3.05) is 13.7 Å². The van der Waals surface area contributed by atoms with Crippen molar-refractivity contribution in [1.29, 1.82) is 0 Å². The van der Waals surface area contributed by atoms with E-state index in [0.717, 1.165) is 0 Å². The van der Waals surface area contributed by atoms with Crippen molar-refractivity contribution in [3.05, 3.63) is 7.11 Å². The van der Waals surface area contributed by atoms with Gasteiger partial charge in [0, 0.05) is 13.7 Å². The normalized spacial score (nSPS) is 14.0. The predicted octanol–water partition coefficient (Wildman–Crippen LogP) is -0.274. The summed E-state index contributed by atoms with van der Waals surface area (Å²) in [5.41, 5.74) is 5.10. The molecule has 1 unspecified atom stereocenters. The molecule has 0 aliphatic rings. The second-order valence-corrected chi connectivity index (χ2v) is 1.07. The minimum atomic E-state index is -0.347. The number of ether oxygens (including phenoxy) is 2. The van der Waals surface area contributed by atoms with Crippen molar-refractivity contribution in [2.24, 2.45) is 5.73 Å². The Kier molecular flexibility index (Phi) is 3.78. The Balaban J connectivity index is 2.99. The zero-order valence-electron chi connectivity index (χ0n) is 4.39. The van der Waals surface area contributed by atoms with Crippen LogP contribution in [0.3, 0.4) is 0 Å². The van der Waals surface area contributed by atoms with Gasteiger partial charge in [-0.05, 0) is 0 Å². The van der Waals surface area contributed by atoms with Gasteiger partial charge in [0.05, 0.1) is 0 Å². The largest absolute Gasteiger partial charge is 0.351 e. The minimum absolute atomic E-state index is 0.347. The first-order valence-electron chi connectivity index (χ1n) is 1.98. The molecular weight excluding hydrogens is 94.0 g/mol. The quantitative estimate of drug-likeness (QED) is 0.396. The van der Waals surface area contributed by atoms with Crippen molar-refractivity contribution in [3.8, 4) is 0 Å². The lowest BCUT2D eigenvalue weighted by Crippen LogP contribution is -2.22. The first-order valence-corrected chi connectivity index (χ1v) is 1.98. The van der Waals surface area contributed by atoms with Crippen molar-refractivity contribution in [3.63, 3.8) is 0 Å². The molecule has 3 nitrogen and oxygen atoms in total. The summed E-state index contributed by atoms with van der Waals surface area (Å²) in [7, 11) is 4.64.